The first-order valence-electron chi connectivity index (χ1n) is 12.3. The minimum absolute atomic E-state index is 0.0797. The fraction of sp³-hybridized carbons (Fsp3) is 0.310. The fourth-order valence-corrected chi connectivity index (χ4v) is 5.58. The normalized spacial score (nSPS) is 11.9. The van der Waals surface area contributed by atoms with E-state index in [1.807, 2.05) is 26.8 Å². The Hall–Kier alpha value is -3.85. The lowest BCUT2D eigenvalue weighted by atomic mass is 10.1. The van der Waals surface area contributed by atoms with Crippen molar-refractivity contribution in [2.75, 3.05) is 25.0 Å². The molecule has 202 valence electrons. The molecular weight excluding hydrogens is 502 g/mol. The Balaban J connectivity index is 2.05. The van der Waals surface area contributed by atoms with E-state index >= 15 is 0 Å². The second-order valence-corrected chi connectivity index (χ2v) is 11.2. The van der Waals surface area contributed by atoms with Gasteiger partial charge in [-0.15, -0.1) is 0 Å². The van der Waals surface area contributed by atoms with Gasteiger partial charge in [-0.05, 0) is 80.8 Å². The summed E-state index contributed by atoms with van der Waals surface area (Å²) in [5.41, 5.74) is 3.81. The number of hydrogen-bond acceptors (Lipinski definition) is 5. The number of nitrogens with zero attached hydrogens (tertiary/aromatic N) is 2. The molecule has 3 rings (SSSR count). The first-order valence-corrected chi connectivity index (χ1v) is 13.7. The van der Waals surface area contributed by atoms with Crippen LogP contribution in [0.5, 0.6) is 5.75 Å². The standard InChI is InChI=1S/C29H35N3O5S/c1-20-7-13-27(14-8-20)38(35,36)32(25-16-21(2)15-22(3)17-25)19-28(33)31(23(4)29(34)30-5)18-24-9-11-26(37-6)12-10-24/h7-17,23H,18-19H2,1-6H3,(H,30,34). The van der Waals surface area contributed by atoms with Crippen LogP contribution in [-0.4, -0.2) is 51.9 Å². The second-order valence-electron chi connectivity index (χ2n) is 9.33. The van der Waals surface area contributed by atoms with Crippen molar-refractivity contribution in [3.8, 4) is 5.75 Å². The van der Waals surface area contributed by atoms with E-state index in [1.54, 1.807) is 62.6 Å². The van der Waals surface area contributed by atoms with Crippen LogP contribution >= 0.6 is 0 Å². The van der Waals surface area contributed by atoms with Crippen molar-refractivity contribution in [3.63, 3.8) is 0 Å². The quantitative estimate of drug-likeness (QED) is 0.422. The van der Waals surface area contributed by atoms with Crippen LogP contribution in [-0.2, 0) is 26.2 Å². The number of hydrogen-bond donors (Lipinski definition) is 1. The van der Waals surface area contributed by atoms with Crippen LogP contribution in [0.3, 0.4) is 0 Å². The molecule has 0 aromatic heterocycles. The molecule has 1 unspecified atom stereocenters. The molecular formula is C29H35N3O5S. The predicted molar refractivity (Wildman–Crippen MR) is 149 cm³/mol. The van der Waals surface area contributed by atoms with Gasteiger partial charge >= 0.3 is 0 Å². The van der Waals surface area contributed by atoms with E-state index in [-0.39, 0.29) is 17.3 Å². The first kappa shape index (κ1) is 28.7. The van der Waals surface area contributed by atoms with Crippen LogP contribution < -0.4 is 14.4 Å². The highest BCUT2D eigenvalue weighted by Crippen LogP contribution is 2.27. The lowest BCUT2D eigenvalue weighted by Crippen LogP contribution is -2.50. The van der Waals surface area contributed by atoms with E-state index in [9.17, 15) is 18.0 Å². The van der Waals surface area contributed by atoms with Crippen molar-refractivity contribution in [3.05, 3.63) is 89.0 Å². The van der Waals surface area contributed by atoms with E-state index in [4.69, 9.17) is 4.74 Å². The predicted octanol–water partition coefficient (Wildman–Crippen LogP) is 3.98. The summed E-state index contributed by atoms with van der Waals surface area (Å²) in [4.78, 5) is 27.9. The van der Waals surface area contributed by atoms with E-state index in [2.05, 4.69) is 5.32 Å². The molecule has 2 amide bonds. The number of likely N-dealkylation sites (N-methyl/N-ethyl adjacent to an activating group) is 1. The molecule has 0 aliphatic carbocycles. The topological polar surface area (TPSA) is 96.0 Å². The summed E-state index contributed by atoms with van der Waals surface area (Å²) >= 11 is 0. The first-order chi connectivity index (χ1) is 18.0. The largest absolute Gasteiger partial charge is 0.497 e. The lowest BCUT2D eigenvalue weighted by Gasteiger charge is -2.32. The van der Waals surface area contributed by atoms with Gasteiger partial charge in [-0.2, -0.15) is 0 Å². The highest BCUT2D eigenvalue weighted by molar-refractivity contribution is 7.92. The van der Waals surface area contributed by atoms with Gasteiger partial charge in [-0.1, -0.05) is 35.9 Å². The molecule has 3 aromatic rings. The van der Waals surface area contributed by atoms with E-state index in [0.29, 0.717) is 11.4 Å². The van der Waals surface area contributed by atoms with Crippen LogP contribution in [0.4, 0.5) is 5.69 Å². The number of anilines is 1. The van der Waals surface area contributed by atoms with Gasteiger partial charge in [0, 0.05) is 13.6 Å². The third-order valence-electron chi connectivity index (χ3n) is 6.31. The maximum Gasteiger partial charge on any atom is 0.264 e. The van der Waals surface area contributed by atoms with Crippen LogP contribution in [0.2, 0.25) is 0 Å². The van der Waals surface area contributed by atoms with Crippen LogP contribution in [0.25, 0.3) is 0 Å². The molecule has 0 aliphatic rings. The Morgan fingerprint density at radius 3 is 2.00 bits per heavy atom. The van der Waals surface area contributed by atoms with Gasteiger partial charge < -0.3 is 15.0 Å². The molecule has 0 spiro atoms. The van der Waals surface area contributed by atoms with E-state index < -0.39 is 28.5 Å². The summed E-state index contributed by atoms with van der Waals surface area (Å²) in [5, 5.41) is 2.58. The molecule has 0 heterocycles. The minimum Gasteiger partial charge on any atom is -0.497 e. The van der Waals surface area contributed by atoms with Crippen LogP contribution in [0.1, 0.15) is 29.2 Å². The van der Waals surface area contributed by atoms with Crippen molar-refractivity contribution >= 4 is 27.5 Å². The summed E-state index contributed by atoms with van der Waals surface area (Å²) in [6.07, 6.45) is 0. The summed E-state index contributed by atoms with van der Waals surface area (Å²) < 4.78 is 34.1. The van der Waals surface area contributed by atoms with E-state index in [0.717, 1.165) is 26.6 Å². The van der Waals surface area contributed by atoms with Gasteiger partial charge in [0.25, 0.3) is 10.0 Å². The molecule has 9 heteroatoms. The molecule has 1 atom stereocenters. The summed E-state index contributed by atoms with van der Waals surface area (Å²) in [6.45, 7) is 6.88. The number of nitrogens with one attached hydrogen (secondary N) is 1. The molecule has 0 aliphatic heterocycles. The van der Waals surface area contributed by atoms with Gasteiger partial charge in [0.1, 0.15) is 18.3 Å². The molecule has 0 fully saturated rings. The number of carbonyl (C=O) groups excluding carboxylic acids is 2. The summed E-state index contributed by atoms with van der Waals surface area (Å²) in [7, 11) is -1.03. The average molecular weight is 538 g/mol. The Morgan fingerprint density at radius 1 is 0.895 bits per heavy atom. The third-order valence-corrected chi connectivity index (χ3v) is 8.10. The molecule has 0 saturated carbocycles. The number of sulfonamides is 1. The SMILES string of the molecule is CNC(=O)C(C)N(Cc1ccc(OC)cc1)C(=O)CN(c1cc(C)cc(C)c1)S(=O)(=O)c1ccc(C)cc1. The van der Waals surface area contributed by atoms with Crippen molar-refractivity contribution < 1.29 is 22.7 Å². The summed E-state index contributed by atoms with van der Waals surface area (Å²) in [5.74, 6) is -0.200. The zero-order chi connectivity index (χ0) is 28.0. The molecule has 0 radical (unpaired) electrons. The number of carbonyl (C=O) groups is 2. The Kier molecular flexibility index (Phi) is 9.17. The summed E-state index contributed by atoms with van der Waals surface area (Å²) in [6, 6.07) is 18.2. The van der Waals surface area contributed by atoms with E-state index in [1.165, 1.54) is 24.1 Å². The van der Waals surface area contributed by atoms with Crippen molar-refractivity contribution in [2.45, 2.75) is 45.2 Å². The van der Waals surface area contributed by atoms with Crippen molar-refractivity contribution in [2.24, 2.45) is 0 Å². The third kappa shape index (κ3) is 6.72. The number of rotatable bonds is 10. The number of ether oxygens (including phenoxy) is 1. The van der Waals surface area contributed by atoms with Gasteiger partial charge in [0.05, 0.1) is 17.7 Å². The van der Waals surface area contributed by atoms with Gasteiger partial charge in [0.2, 0.25) is 11.8 Å². The van der Waals surface area contributed by atoms with Gasteiger partial charge in [-0.3, -0.25) is 13.9 Å². The number of amides is 2. The molecule has 38 heavy (non-hydrogen) atoms. The maximum atomic E-state index is 13.9. The molecule has 0 bridgehead atoms. The zero-order valence-electron chi connectivity index (χ0n) is 22.7. The van der Waals surface area contributed by atoms with Gasteiger partial charge in [0.15, 0.2) is 0 Å². The zero-order valence-corrected chi connectivity index (χ0v) is 23.5. The number of methoxy groups -OCH3 is 1. The molecule has 1 N–H and O–H groups in total. The highest BCUT2D eigenvalue weighted by Gasteiger charge is 2.32. The molecule has 8 nitrogen and oxygen atoms in total. The fourth-order valence-electron chi connectivity index (χ4n) is 4.18. The number of benzene rings is 3. The highest BCUT2D eigenvalue weighted by atomic mass is 32.2. The molecule has 0 saturated heterocycles. The van der Waals surface area contributed by atoms with Crippen LogP contribution in [0.15, 0.2) is 71.6 Å². The average Bonchev–Trinajstić information content (AvgIpc) is 2.89. The molecule has 3 aromatic carbocycles. The number of aryl methyl sites for hydroxylation is 3. The second kappa shape index (κ2) is 12.1. The Morgan fingerprint density at radius 2 is 1.47 bits per heavy atom. The lowest BCUT2D eigenvalue weighted by molar-refractivity contribution is -0.139. The van der Waals surface area contributed by atoms with Crippen molar-refractivity contribution in [1.29, 1.82) is 0 Å². The Labute approximate surface area is 225 Å². The smallest absolute Gasteiger partial charge is 0.264 e. The monoisotopic (exact) mass is 537 g/mol. The Bertz CT molecular complexity index is 1370. The maximum absolute atomic E-state index is 13.9. The van der Waals surface area contributed by atoms with Crippen molar-refractivity contribution in [1.82, 2.24) is 10.2 Å². The van der Waals surface area contributed by atoms with Gasteiger partial charge in [-0.25, -0.2) is 8.42 Å². The van der Waals surface area contributed by atoms with Crippen LogP contribution in [0, 0.1) is 20.8 Å². The minimum atomic E-state index is -4.10.